The molecule has 0 spiro atoms. The fourth-order valence-corrected chi connectivity index (χ4v) is 4.85. The highest BCUT2D eigenvalue weighted by atomic mass is 16.5. The van der Waals surface area contributed by atoms with Crippen LogP contribution in [0.1, 0.15) is 36.8 Å². The van der Waals surface area contributed by atoms with Gasteiger partial charge in [-0.1, -0.05) is 36.3 Å². The summed E-state index contributed by atoms with van der Waals surface area (Å²) in [4.78, 5) is 2.56. The van der Waals surface area contributed by atoms with Crippen LogP contribution in [0.25, 0.3) is 0 Å². The second kappa shape index (κ2) is 7.87. The Morgan fingerprint density at radius 1 is 1.11 bits per heavy atom. The maximum absolute atomic E-state index is 11.5. The number of ether oxygens (including phenoxy) is 2. The van der Waals surface area contributed by atoms with Crippen molar-refractivity contribution >= 4 is 0 Å². The number of nitrogens with zero attached hydrogens (tertiary/aromatic N) is 1. The minimum atomic E-state index is -0.818. The monoisotopic (exact) mass is 377 g/mol. The molecule has 4 rings (SSSR count). The summed E-state index contributed by atoms with van der Waals surface area (Å²) in [6.45, 7) is 1.18. The Balaban J connectivity index is 1.48. The van der Waals surface area contributed by atoms with Crippen molar-refractivity contribution in [3.63, 3.8) is 0 Å². The number of aliphatic hydroxyl groups is 1. The number of methoxy groups -OCH3 is 1. The third kappa shape index (κ3) is 3.61. The van der Waals surface area contributed by atoms with Crippen molar-refractivity contribution in [1.29, 1.82) is 0 Å². The first kappa shape index (κ1) is 18.9. The van der Waals surface area contributed by atoms with Crippen molar-refractivity contribution in [3.05, 3.63) is 59.7 Å². The molecule has 2 aromatic carbocycles. The topological polar surface area (TPSA) is 41.9 Å². The van der Waals surface area contributed by atoms with Crippen LogP contribution in [-0.4, -0.2) is 35.8 Å². The summed E-state index contributed by atoms with van der Waals surface area (Å²) in [7, 11) is 1.67. The van der Waals surface area contributed by atoms with Crippen molar-refractivity contribution in [2.24, 2.45) is 0 Å². The molecule has 0 aliphatic carbocycles. The number of rotatable bonds is 6. The van der Waals surface area contributed by atoms with Gasteiger partial charge in [0, 0.05) is 24.2 Å². The molecule has 2 aliphatic rings. The van der Waals surface area contributed by atoms with E-state index in [1.807, 2.05) is 36.4 Å². The zero-order chi connectivity index (χ0) is 19.6. The third-order valence-electron chi connectivity index (χ3n) is 6.14. The summed E-state index contributed by atoms with van der Waals surface area (Å²) in [5.74, 6) is 4.06. The first-order valence-electron chi connectivity index (χ1n) is 9.90. The molecule has 1 N–H and O–H groups in total. The van der Waals surface area contributed by atoms with Gasteiger partial charge in [-0.15, -0.1) is 6.42 Å². The van der Waals surface area contributed by atoms with E-state index in [9.17, 15) is 5.11 Å². The Morgan fingerprint density at radius 3 is 2.43 bits per heavy atom. The van der Waals surface area contributed by atoms with Gasteiger partial charge in [0.1, 0.15) is 18.1 Å². The van der Waals surface area contributed by atoms with Crippen molar-refractivity contribution < 1.29 is 14.6 Å². The molecule has 0 radical (unpaired) electrons. The molecule has 0 aromatic heterocycles. The predicted molar refractivity (Wildman–Crippen MR) is 109 cm³/mol. The Hall–Kier alpha value is -2.48. The molecule has 2 aromatic rings. The smallest absolute Gasteiger partial charge is 0.148 e. The lowest BCUT2D eigenvalue weighted by atomic mass is 9.80. The van der Waals surface area contributed by atoms with Crippen LogP contribution in [0.5, 0.6) is 11.5 Å². The van der Waals surface area contributed by atoms with E-state index < -0.39 is 5.60 Å². The highest BCUT2D eigenvalue weighted by molar-refractivity contribution is 5.39. The first-order valence-corrected chi connectivity index (χ1v) is 9.90. The fraction of sp³-hybridized carbons (Fsp3) is 0.417. The summed E-state index contributed by atoms with van der Waals surface area (Å²) in [5.41, 5.74) is 1.36. The highest BCUT2D eigenvalue weighted by Crippen LogP contribution is 2.48. The van der Waals surface area contributed by atoms with Gasteiger partial charge in [-0.2, -0.15) is 0 Å². The molecule has 0 amide bonds. The van der Waals surface area contributed by atoms with E-state index in [2.05, 4.69) is 23.0 Å². The molecule has 4 nitrogen and oxygen atoms in total. The van der Waals surface area contributed by atoms with E-state index in [0.29, 0.717) is 12.1 Å². The normalized spacial score (nSPS) is 26.6. The van der Waals surface area contributed by atoms with Crippen LogP contribution in [0, 0.1) is 12.3 Å². The van der Waals surface area contributed by atoms with E-state index in [-0.39, 0.29) is 6.61 Å². The van der Waals surface area contributed by atoms with Gasteiger partial charge in [-0.05, 0) is 49.4 Å². The second-order valence-electron chi connectivity index (χ2n) is 7.83. The third-order valence-corrected chi connectivity index (χ3v) is 6.14. The minimum Gasteiger partial charge on any atom is -0.496 e. The fourth-order valence-electron chi connectivity index (χ4n) is 4.85. The molecule has 2 unspecified atom stereocenters. The number of piperidine rings is 1. The molecule has 4 heteroatoms. The van der Waals surface area contributed by atoms with Gasteiger partial charge in [0.15, 0.2) is 0 Å². The van der Waals surface area contributed by atoms with Gasteiger partial charge in [0.05, 0.1) is 12.7 Å². The van der Waals surface area contributed by atoms with Crippen molar-refractivity contribution in [2.45, 2.75) is 49.9 Å². The maximum atomic E-state index is 11.5. The number of para-hydroxylation sites is 1. The highest BCUT2D eigenvalue weighted by Gasteiger charge is 2.48. The second-order valence-corrected chi connectivity index (χ2v) is 7.83. The van der Waals surface area contributed by atoms with Crippen molar-refractivity contribution in [2.75, 3.05) is 13.7 Å². The molecular weight excluding hydrogens is 350 g/mol. The van der Waals surface area contributed by atoms with Gasteiger partial charge in [-0.25, -0.2) is 0 Å². The summed E-state index contributed by atoms with van der Waals surface area (Å²) in [5, 5.41) is 11.5. The van der Waals surface area contributed by atoms with Gasteiger partial charge >= 0.3 is 0 Å². The van der Waals surface area contributed by atoms with E-state index in [4.69, 9.17) is 15.9 Å². The van der Waals surface area contributed by atoms with Gasteiger partial charge in [0.25, 0.3) is 0 Å². The lowest BCUT2D eigenvalue weighted by Crippen LogP contribution is -2.49. The molecule has 2 atom stereocenters. The summed E-state index contributed by atoms with van der Waals surface area (Å²) < 4.78 is 11.0. The minimum absolute atomic E-state index is 0.289. The largest absolute Gasteiger partial charge is 0.496 e. The molecule has 2 fully saturated rings. The van der Waals surface area contributed by atoms with E-state index >= 15 is 0 Å². The SMILES string of the molecule is C#CCOc1ccc(CN2C3CCC2CC(O)(c2ccccc2OC)C3)cc1. The van der Waals surface area contributed by atoms with Crippen LogP contribution < -0.4 is 9.47 Å². The van der Waals surface area contributed by atoms with Gasteiger partial charge < -0.3 is 14.6 Å². The molecule has 2 heterocycles. The van der Waals surface area contributed by atoms with Crippen LogP contribution in [0.2, 0.25) is 0 Å². The van der Waals surface area contributed by atoms with Gasteiger partial charge in [-0.3, -0.25) is 4.90 Å². The standard InChI is InChI=1S/C24H27NO3/c1-3-14-28-21-12-8-18(9-13-21)17-25-19-10-11-20(25)16-24(26,15-19)22-6-4-5-7-23(22)27-2/h1,4-9,12-13,19-20,26H,10-11,14-17H2,2H3. The Kier molecular flexibility index (Phi) is 5.30. The Labute approximate surface area is 167 Å². The van der Waals surface area contributed by atoms with Crippen LogP contribution in [0.4, 0.5) is 0 Å². The zero-order valence-electron chi connectivity index (χ0n) is 16.3. The van der Waals surface area contributed by atoms with Crippen LogP contribution in [0.15, 0.2) is 48.5 Å². The maximum Gasteiger partial charge on any atom is 0.148 e. The number of benzene rings is 2. The molecule has 2 saturated heterocycles. The molecular formula is C24H27NO3. The number of hydrogen-bond donors (Lipinski definition) is 1. The zero-order valence-corrected chi connectivity index (χ0v) is 16.3. The van der Waals surface area contributed by atoms with Crippen LogP contribution >= 0.6 is 0 Å². The lowest BCUT2D eigenvalue weighted by Gasteiger charge is -2.44. The van der Waals surface area contributed by atoms with E-state index in [1.54, 1.807) is 7.11 Å². The van der Waals surface area contributed by atoms with Crippen molar-refractivity contribution in [3.8, 4) is 23.8 Å². The Bertz CT molecular complexity index is 841. The quantitative estimate of drug-likeness (QED) is 0.779. The van der Waals surface area contributed by atoms with Crippen molar-refractivity contribution in [1.82, 2.24) is 4.90 Å². The average Bonchev–Trinajstić information content (AvgIpc) is 2.96. The number of hydrogen-bond acceptors (Lipinski definition) is 4. The average molecular weight is 377 g/mol. The number of fused-ring (bicyclic) bond motifs is 2. The lowest BCUT2D eigenvalue weighted by molar-refractivity contribution is -0.0606. The van der Waals surface area contributed by atoms with Gasteiger partial charge in [0.2, 0.25) is 0 Å². The van der Waals surface area contributed by atoms with Crippen LogP contribution in [0.3, 0.4) is 0 Å². The molecule has 146 valence electrons. The number of terminal acetylenes is 1. The summed E-state index contributed by atoms with van der Waals surface area (Å²) in [6.07, 6.45) is 8.99. The molecule has 0 saturated carbocycles. The molecule has 2 bridgehead atoms. The Morgan fingerprint density at radius 2 is 1.79 bits per heavy atom. The molecule has 28 heavy (non-hydrogen) atoms. The van der Waals surface area contributed by atoms with Crippen LogP contribution in [-0.2, 0) is 12.1 Å². The van der Waals surface area contributed by atoms with E-state index in [0.717, 1.165) is 49.3 Å². The van der Waals surface area contributed by atoms with E-state index in [1.165, 1.54) is 5.56 Å². The summed E-state index contributed by atoms with van der Waals surface area (Å²) in [6, 6.07) is 16.8. The first-order chi connectivity index (χ1) is 13.6. The molecule has 2 aliphatic heterocycles. The predicted octanol–water partition coefficient (Wildman–Crippen LogP) is 3.72. The summed E-state index contributed by atoms with van der Waals surface area (Å²) >= 11 is 0.